The molecule has 0 bridgehead atoms. The van der Waals surface area contributed by atoms with Gasteiger partial charge in [-0.05, 0) is 30.5 Å². The predicted molar refractivity (Wildman–Crippen MR) is 68.7 cm³/mol. The molecule has 4 heteroatoms. The predicted octanol–water partition coefficient (Wildman–Crippen LogP) is 1.81. The molecule has 2 rings (SSSR count). The van der Waals surface area contributed by atoms with E-state index in [0.29, 0.717) is 6.04 Å². The molecule has 2 aromatic rings. The fourth-order valence-corrected chi connectivity index (χ4v) is 2.02. The second kappa shape index (κ2) is 5.80. The van der Waals surface area contributed by atoms with Crippen molar-refractivity contribution in [2.45, 2.75) is 32.4 Å². The number of hydrogen-bond acceptors (Lipinski definition) is 3. The normalized spacial score (nSPS) is 13.1. The zero-order chi connectivity index (χ0) is 12.1. The van der Waals surface area contributed by atoms with Gasteiger partial charge in [0.25, 0.3) is 0 Å². The Hall–Kier alpha value is -1.39. The summed E-state index contributed by atoms with van der Waals surface area (Å²) in [7, 11) is 0. The lowest BCUT2D eigenvalue weighted by molar-refractivity contribution is 0.262. The molecule has 0 aliphatic rings. The van der Waals surface area contributed by atoms with E-state index in [1.54, 1.807) is 6.20 Å². The molecule has 2 aromatic heterocycles. The van der Waals surface area contributed by atoms with E-state index >= 15 is 0 Å². The Labute approximate surface area is 101 Å². The van der Waals surface area contributed by atoms with Crippen LogP contribution in [0.25, 0.3) is 11.0 Å². The Morgan fingerprint density at radius 3 is 3.18 bits per heavy atom. The summed E-state index contributed by atoms with van der Waals surface area (Å²) in [6.45, 7) is 3.18. The molecule has 0 aliphatic carbocycles. The van der Waals surface area contributed by atoms with Crippen LogP contribution in [0, 0.1) is 0 Å². The first-order valence-corrected chi connectivity index (χ1v) is 6.10. The number of fused-ring (bicyclic) bond motifs is 1. The minimum Gasteiger partial charge on any atom is -0.396 e. The zero-order valence-electron chi connectivity index (χ0n) is 10.1. The third-order valence-electron chi connectivity index (χ3n) is 3.09. The summed E-state index contributed by atoms with van der Waals surface area (Å²) in [5.41, 5.74) is 2.16. The number of H-pyrrole nitrogens is 1. The lowest BCUT2D eigenvalue weighted by atomic mass is 10.1. The third kappa shape index (κ3) is 2.84. The van der Waals surface area contributed by atoms with E-state index in [9.17, 15) is 0 Å². The molecule has 0 aliphatic heterocycles. The summed E-state index contributed by atoms with van der Waals surface area (Å²) >= 11 is 0. The van der Waals surface area contributed by atoms with Gasteiger partial charge >= 0.3 is 0 Å². The topological polar surface area (TPSA) is 60.9 Å². The molecule has 0 amide bonds. The highest BCUT2D eigenvalue weighted by Gasteiger charge is 2.07. The second-order valence-electron chi connectivity index (χ2n) is 4.21. The minimum atomic E-state index is 0.237. The Kier molecular flexibility index (Phi) is 4.12. The van der Waals surface area contributed by atoms with E-state index in [0.717, 1.165) is 25.0 Å². The molecule has 0 aromatic carbocycles. The number of pyridine rings is 1. The van der Waals surface area contributed by atoms with Crippen LogP contribution >= 0.6 is 0 Å². The molecule has 0 spiro atoms. The molecule has 2 heterocycles. The highest BCUT2D eigenvalue weighted by Crippen LogP contribution is 2.15. The van der Waals surface area contributed by atoms with Crippen molar-refractivity contribution in [1.82, 2.24) is 15.3 Å². The number of rotatable bonds is 6. The van der Waals surface area contributed by atoms with Gasteiger partial charge in [-0.15, -0.1) is 0 Å². The summed E-state index contributed by atoms with van der Waals surface area (Å²) in [5.74, 6) is 0. The molecule has 0 saturated carbocycles. The average Bonchev–Trinajstić information content (AvgIpc) is 2.78. The SMILES string of the molecule is CCC(CCO)NCc1c[nH]c2ncccc12. The van der Waals surface area contributed by atoms with Gasteiger partial charge < -0.3 is 15.4 Å². The summed E-state index contributed by atoms with van der Waals surface area (Å²) in [6.07, 6.45) is 5.62. The van der Waals surface area contributed by atoms with Gasteiger partial charge in [-0.1, -0.05) is 6.92 Å². The van der Waals surface area contributed by atoms with Gasteiger partial charge in [0.2, 0.25) is 0 Å². The van der Waals surface area contributed by atoms with Gasteiger partial charge in [0.05, 0.1) is 0 Å². The monoisotopic (exact) mass is 233 g/mol. The second-order valence-corrected chi connectivity index (χ2v) is 4.21. The van der Waals surface area contributed by atoms with Crippen molar-refractivity contribution in [3.8, 4) is 0 Å². The minimum absolute atomic E-state index is 0.237. The van der Waals surface area contributed by atoms with Crippen molar-refractivity contribution in [2.24, 2.45) is 0 Å². The van der Waals surface area contributed by atoms with E-state index in [1.807, 2.05) is 12.3 Å². The van der Waals surface area contributed by atoms with Crippen LogP contribution in [-0.4, -0.2) is 27.7 Å². The van der Waals surface area contributed by atoms with Crippen LogP contribution in [0.15, 0.2) is 24.5 Å². The Morgan fingerprint density at radius 2 is 2.41 bits per heavy atom. The molecule has 1 unspecified atom stereocenters. The Balaban J connectivity index is 2.03. The van der Waals surface area contributed by atoms with Crippen LogP contribution in [0.1, 0.15) is 25.3 Å². The first kappa shape index (κ1) is 12.1. The van der Waals surface area contributed by atoms with E-state index in [1.165, 1.54) is 10.9 Å². The summed E-state index contributed by atoms with van der Waals surface area (Å²) in [6, 6.07) is 4.40. The van der Waals surface area contributed by atoms with Crippen molar-refractivity contribution in [1.29, 1.82) is 0 Å². The van der Waals surface area contributed by atoms with E-state index < -0.39 is 0 Å². The molecule has 0 saturated heterocycles. The first-order valence-electron chi connectivity index (χ1n) is 6.10. The third-order valence-corrected chi connectivity index (χ3v) is 3.09. The maximum absolute atomic E-state index is 8.94. The lowest BCUT2D eigenvalue weighted by Crippen LogP contribution is -2.28. The fourth-order valence-electron chi connectivity index (χ4n) is 2.02. The van der Waals surface area contributed by atoms with Crippen LogP contribution < -0.4 is 5.32 Å². The Bertz CT molecular complexity index is 466. The highest BCUT2D eigenvalue weighted by atomic mass is 16.3. The fraction of sp³-hybridized carbons (Fsp3) is 0.462. The largest absolute Gasteiger partial charge is 0.396 e. The quantitative estimate of drug-likeness (QED) is 0.713. The molecule has 3 N–H and O–H groups in total. The Morgan fingerprint density at radius 1 is 1.53 bits per heavy atom. The average molecular weight is 233 g/mol. The summed E-state index contributed by atoms with van der Waals surface area (Å²) < 4.78 is 0. The van der Waals surface area contributed by atoms with E-state index in [-0.39, 0.29) is 6.61 Å². The van der Waals surface area contributed by atoms with Gasteiger partial charge in [0.15, 0.2) is 0 Å². The smallest absolute Gasteiger partial charge is 0.137 e. The van der Waals surface area contributed by atoms with Crippen LogP contribution in [0.3, 0.4) is 0 Å². The molecular formula is C13H19N3O. The molecule has 17 heavy (non-hydrogen) atoms. The molecule has 92 valence electrons. The van der Waals surface area contributed by atoms with Crippen molar-refractivity contribution in [2.75, 3.05) is 6.61 Å². The van der Waals surface area contributed by atoms with Crippen LogP contribution in [-0.2, 0) is 6.54 Å². The van der Waals surface area contributed by atoms with Gasteiger partial charge in [0.1, 0.15) is 5.65 Å². The maximum atomic E-state index is 8.94. The lowest BCUT2D eigenvalue weighted by Gasteiger charge is -2.15. The van der Waals surface area contributed by atoms with Crippen LogP contribution in [0.4, 0.5) is 0 Å². The van der Waals surface area contributed by atoms with E-state index in [4.69, 9.17) is 5.11 Å². The zero-order valence-corrected chi connectivity index (χ0v) is 10.1. The number of aromatic nitrogens is 2. The maximum Gasteiger partial charge on any atom is 0.137 e. The molecular weight excluding hydrogens is 214 g/mol. The number of hydrogen-bond donors (Lipinski definition) is 3. The molecule has 0 radical (unpaired) electrons. The van der Waals surface area contributed by atoms with Crippen molar-refractivity contribution >= 4 is 11.0 Å². The molecule has 4 nitrogen and oxygen atoms in total. The number of nitrogens with zero attached hydrogens (tertiary/aromatic N) is 1. The van der Waals surface area contributed by atoms with Gasteiger partial charge in [-0.2, -0.15) is 0 Å². The van der Waals surface area contributed by atoms with Gasteiger partial charge in [-0.25, -0.2) is 4.98 Å². The number of aromatic amines is 1. The molecule has 1 atom stereocenters. The van der Waals surface area contributed by atoms with Crippen LogP contribution in [0.2, 0.25) is 0 Å². The number of aliphatic hydroxyl groups excluding tert-OH is 1. The molecule has 0 fully saturated rings. The number of nitrogens with one attached hydrogen (secondary N) is 2. The summed E-state index contributed by atoms with van der Waals surface area (Å²) in [5, 5.41) is 13.6. The van der Waals surface area contributed by atoms with Gasteiger partial charge in [-0.3, -0.25) is 0 Å². The highest BCUT2D eigenvalue weighted by molar-refractivity contribution is 5.79. The summed E-state index contributed by atoms with van der Waals surface area (Å²) in [4.78, 5) is 7.42. The van der Waals surface area contributed by atoms with Crippen molar-refractivity contribution < 1.29 is 5.11 Å². The standard InChI is InChI=1S/C13H19N3O/c1-2-11(5-7-17)15-8-10-9-16-13-12(10)4-3-6-14-13/h3-4,6,9,11,15,17H,2,5,7-8H2,1H3,(H,14,16). The van der Waals surface area contributed by atoms with Crippen molar-refractivity contribution in [3.05, 3.63) is 30.1 Å². The van der Waals surface area contributed by atoms with E-state index in [2.05, 4.69) is 28.3 Å². The number of aliphatic hydroxyl groups is 1. The first-order chi connectivity index (χ1) is 8.35. The van der Waals surface area contributed by atoms with Crippen molar-refractivity contribution in [3.63, 3.8) is 0 Å². The van der Waals surface area contributed by atoms with Crippen LogP contribution in [0.5, 0.6) is 0 Å². The van der Waals surface area contributed by atoms with Gasteiger partial charge in [0, 0.05) is 37.0 Å².